The highest BCUT2D eigenvalue weighted by atomic mass is 32.2. The van der Waals surface area contributed by atoms with E-state index in [-0.39, 0.29) is 22.5 Å². The fourth-order valence-electron chi connectivity index (χ4n) is 3.43. The number of imidazole rings is 1. The van der Waals surface area contributed by atoms with Gasteiger partial charge in [-0.2, -0.15) is 35.6 Å². The lowest BCUT2D eigenvalue weighted by Gasteiger charge is -2.14. The quantitative estimate of drug-likeness (QED) is 0.306. The smallest absolute Gasteiger partial charge is 0.236 e. The van der Waals surface area contributed by atoms with Gasteiger partial charge in [0, 0.05) is 51.5 Å². The molecule has 2 aromatic heterocycles. The summed E-state index contributed by atoms with van der Waals surface area (Å²) in [6.07, 6.45) is 5.41. The first-order valence-corrected chi connectivity index (χ1v) is 13.3. The van der Waals surface area contributed by atoms with E-state index in [1.165, 1.54) is 83.1 Å². The fourth-order valence-corrected chi connectivity index (χ4v) is 5.40. The van der Waals surface area contributed by atoms with Crippen LogP contribution in [0.5, 0.6) is 0 Å². The van der Waals surface area contributed by atoms with Crippen molar-refractivity contribution in [2.75, 3.05) is 28.2 Å². The molecule has 0 saturated carbocycles. The predicted octanol–water partition coefficient (Wildman–Crippen LogP) is 2.59. The molecule has 4 aromatic rings. The van der Waals surface area contributed by atoms with Gasteiger partial charge in [-0.1, -0.05) is 18.2 Å². The van der Waals surface area contributed by atoms with E-state index < -0.39 is 37.7 Å². The molecule has 0 aliphatic rings. The minimum Gasteiger partial charge on any atom is -0.236 e. The van der Waals surface area contributed by atoms with Crippen LogP contribution in [0.25, 0.3) is 34.4 Å². The van der Waals surface area contributed by atoms with Crippen LogP contribution in [-0.4, -0.2) is 72.5 Å². The zero-order chi connectivity index (χ0) is 27.1. The van der Waals surface area contributed by atoms with Crippen molar-refractivity contribution in [3.05, 3.63) is 71.7 Å². The molecule has 4 rings (SSSR count). The number of hydrogen-bond donors (Lipinski definition) is 0. The monoisotopic (exact) mass is 552 g/mol. The van der Waals surface area contributed by atoms with Crippen molar-refractivity contribution in [2.24, 2.45) is 0 Å². The van der Waals surface area contributed by atoms with Crippen LogP contribution in [0.15, 0.2) is 48.8 Å². The van der Waals surface area contributed by atoms with E-state index in [1.807, 2.05) is 0 Å². The highest BCUT2D eigenvalue weighted by molar-refractivity contribution is 7.87. The summed E-state index contributed by atoms with van der Waals surface area (Å²) in [5.41, 5.74) is 0.237. The maximum Gasteiger partial charge on any atom is 0.398 e. The summed E-state index contributed by atoms with van der Waals surface area (Å²) >= 11 is 0. The summed E-state index contributed by atoms with van der Waals surface area (Å²) in [7, 11) is -3.26. The van der Waals surface area contributed by atoms with Crippen LogP contribution in [0, 0.1) is 11.6 Å². The Hall–Kier alpha value is -3.50. The molecule has 0 radical (unpaired) electrons. The Morgan fingerprint density at radius 2 is 1.65 bits per heavy atom. The van der Waals surface area contributed by atoms with Crippen LogP contribution in [0.2, 0.25) is 0 Å². The van der Waals surface area contributed by atoms with Crippen LogP contribution in [0.1, 0.15) is 11.3 Å². The average Bonchev–Trinajstić information content (AvgIpc) is 3.44. The van der Waals surface area contributed by atoms with Gasteiger partial charge in [-0.25, -0.2) is 17.7 Å². The SMILES string of the molecule is CN(C)OS(=O)(=O)n1nc(C=Cc2ccc(F)cc2)c2cc(-c3nccn3S(=O)(=O)N(C)C)cc(F)c21. The van der Waals surface area contributed by atoms with Crippen molar-refractivity contribution in [3.8, 4) is 11.4 Å². The Bertz CT molecular complexity index is 1710. The normalized spacial score (nSPS) is 13.0. The highest BCUT2D eigenvalue weighted by Gasteiger charge is 2.27. The standard InChI is InChI=1S/C22H22F2N6O5S2/c1-27(2)35-37(33,34)30-21-18(20(26-30)10-7-15-5-8-17(23)9-6-15)13-16(14-19(21)24)22-25-11-12-29(22)36(31,32)28(3)4/h5-14H,1-4H3. The highest BCUT2D eigenvalue weighted by Crippen LogP contribution is 2.31. The third-order valence-corrected chi connectivity index (χ3v) is 7.95. The van der Waals surface area contributed by atoms with Gasteiger partial charge in [0.25, 0.3) is 0 Å². The van der Waals surface area contributed by atoms with E-state index in [0.29, 0.717) is 9.65 Å². The molecule has 0 aliphatic carbocycles. The van der Waals surface area contributed by atoms with Crippen LogP contribution < -0.4 is 0 Å². The van der Waals surface area contributed by atoms with Crippen molar-refractivity contribution in [2.45, 2.75) is 0 Å². The molecule has 0 N–H and O–H groups in total. The molecule has 0 amide bonds. The minimum atomic E-state index is -4.60. The number of nitrogens with zero attached hydrogens (tertiary/aromatic N) is 6. The molecule has 11 nitrogen and oxygen atoms in total. The Labute approximate surface area is 212 Å². The van der Waals surface area contributed by atoms with Crippen LogP contribution in [0.4, 0.5) is 8.78 Å². The second-order valence-corrected chi connectivity index (χ2v) is 11.5. The number of fused-ring (bicyclic) bond motifs is 1. The van der Waals surface area contributed by atoms with Gasteiger partial charge in [-0.15, -0.1) is 4.09 Å². The second-order valence-electron chi connectivity index (χ2n) is 8.15. The van der Waals surface area contributed by atoms with E-state index >= 15 is 4.39 Å². The van der Waals surface area contributed by atoms with E-state index in [1.54, 1.807) is 0 Å². The lowest BCUT2D eigenvalue weighted by Crippen LogP contribution is -2.28. The first-order chi connectivity index (χ1) is 17.3. The molecular weight excluding hydrogens is 530 g/mol. The molecule has 37 heavy (non-hydrogen) atoms. The third-order valence-electron chi connectivity index (χ3n) is 5.06. The summed E-state index contributed by atoms with van der Waals surface area (Å²) in [5.74, 6) is -1.54. The van der Waals surface area contributed by atoms with Gasteiger partial charge in [0.1, 0.15) is 11.3 Å². The molecule has 2 heterocycles. The molecule has 0 unspecified atom stereocenters. The molecule has 0 fully saturated rings. The van der Waals surface area contributed by atoms with Gasteiger partial charge < -0.3 is 0 Å². The molecule has 15 heteroatoms. The number of hydrogen-bond acceptors (Lipinski definition) is 8. The molecule has 0 bridgehead atoms. The van der Waals surface area contributed by atoms with Crippen LogP contribution in [-0.2, 0) is 24.8 Å². The second kappa shape index (κ2) is 9.75. The number of benzene rings is 2. The number of aromatic nitrogens is 4. The topological polar surface area (TPSA) is 120 Å². The fraction of sp³-hybridized carbons (Fsp3) is 0.182. The van der Waals surface area contributed by atoms with Crippen LogP contribution >= 0.6 is 0 Å². The number of halogens is 2. The van der Waals surface area contributed by atoms with Crippen molar-refractivity contribution >= 4 is 43.6 Å². The summed E-state index contributed by atoms with van der Waals surface area (Å²) in [6.45, 7) is 0. The molecule has 196 valence electrons. The third kappa shape index (κ3) is 5.17. The van der Waals surface area contributed by atoms with Crippen molar-refractivity contribution < 1.29 is 29.9 Å². The van der Waals surface area contributed by atoms with Crippen molar-refractivity contribution in [3.63, 3.8) is 0 Å². The van der Waals surface area contributed by atoms with Gasteiger partial charge in [0.15, 0.2) is 11.6 Å². The molecule has 0 atom stereocenters. The minimum absolute atomic E-state index is 0.0274. The molecule has 2 aromatic carbocycles. The first-order valence-electron chi connectivity index (χ1n) is 10.6. The Morgan fingerprint density at radius 3 is 2.27 bits per heavy atom. The van der Waals surface area contributed by atoms with E-state index in [4.69, 9.17) is 4.28 Å². The van der Waals surface area contributed by atoms with Gasteiger partial charge in [0.05, 0.1) is 5.69 Å². The molecule has 0 aliphatic heterocycles. The van der Waals surface area contributed by atoms with Gasteiger partial charge >= 0.3 is 20.5 Å². The predicted molar refractivity (Wildman–Crippen MR) is 133 cm³/mol. The number of hydroxylamine groups is 2. The van der Waals surface area contributed by atoms with Crippen molar-refractivity contribution in [1.29, 1.82) is 0 Å². The maximum atomic E-state index is 15.5. The van der Waals surface area contributed by atoms with Gasteiger partial charge in [-0.3, -0.25) is 0 Å². The van der Waals surface area contributed by atoms with Gasteiger partial charge in [0.2, 0.25) is 0 Å². The summed E-state index contributed by atoms with van der Waals surface area (Å²) < 4.78 is 86.9. The van der Waals surface area contributed by atoms with Crippen molar-refractivity contribution in [1.82, 2.24) is 27.5 Å². The zero-order valence-corrected chi connectivity index (χ0v) is 21.7. The Kier molecular flexibility index (Phi) is 7.00. The lowest BCUT2D eigenvalue weighted by molar-refractivity contribution is 0.00297. The summed E-state index contributed by atoms with van der Waals surface area (Å²) in [5, 5.41) is 5.00. The Balaban J connectivity index is 1.96. The Morgan fingerprint density at radius 1 is 0.973 bits per heavy atom. The first kappa shape index (κ1) is 26.6. The summed E-state index contributed by atoms with van der Waals surface area (Å²) in [4.78, 5) is 4.07. The lowest BCUT2D eigenvalue weighted by atomic mass is 10.1. The van der Waals surface area contributed by atoms with Crippen LogP contribution in [0.3, 0.4) is 0 Å². The van der Waals surface area contributed by atoms with E-state index in [2.05, 4.69) is 10.1 Å². The number of rotatable bonds is 8. The van der Waals surface area contributed by atoms with Gasteiger partial charge in [-0.05, 0) is 35.9 Å². The molecular formula is C22H22F2N6O5S2. The van der Waals surface area contributed by atoms with E-state index in [0.717, 1.165) is 19.4 Å². The molecule has 0 spiro atoms. The molecule has 0 saturated heterocycles. The summed E-state index contributed by atoms with van der Waals surface area (Å²) in [6, 6.07) is 7.81. The average molecular weight is 553 g/mol. The van der Waals surface area contributed by atoms with E-state index in [9.17, 15) is 21.2 Å². The largest absolute Gasteiger partial charge is 0.398 e. The maximum absolute atomic E-state index is 15.5. The zero-order valence-electron chi connectivity index (χ0n) is 20.1.